The molecule has 0 saturated heterocycles. The van der Waals surface area contributed by atoms with Crippen molar-refractivity contribution in [3.05, 3.63) is 46.7 Å². The van der Waals surface area contributed by atoms with Crippen LogP contribution in [0.4, 0.5) is 0 Å². The van der Waals surface area contributed by atoms with Crippen LogP contribution in [-0.4, -0.2) is 32.6 Å². The van der Waals surface area contributed by atoms with Crippen LogP contribution in [0.5, 0.6) is 0 Å². The summed E-state index contributed by atoms with van der Waals surface area (Å²) in [4.78, 5) is 27.2. The Hall–Kier alpha value is -2.41. The second kappa shape index (κ2) is 6.85. The van der Waals surface area contributed by atoms with Crippen molar-refractivity contribution in [1.29, 1.82) is 0 Å². The van der Waals surface area contributed by atoms with Gasteiger partial charge in [0.1, 0.15) is 0 Å². The first kappa shape index (κ1) is 15.0. The van der Waals surface area contributed by atoms with Crippen molar-refractivity contribution >= 4 is 29.3 Å². The van der Waals surface area contributed by atoms with Crippen LogP contribution in [0, 0.1) is 0 Å². The Morgan fingerprint density at radius 1 is 1.57 bits per heavy atom. The maximum Gasteiger partial charge on any atom is 0.328 e. The predicted octanol–water partition coefficient (Wildman–Crippen LogP) is 1.86. The van der Waals surface area contributed by atoms with Gasteiger partial charge in [0, 0.05) is 31.1 Å². The maximum atomic E-state index is 12.2. The molecule has 1 unspecified atom stereocenters. The van der Waals surface area contributed by atoms with Gasteiger partial charge in [0.2, 0.25) is 0 Å². The number of carboxylic acids is 1. The quantitative estimate of drug-likeness (QED) is 0.798. The van der Waals surface area contributed by atoms with Crippen LogP contribution in [0.2, 0.25) is 0 Å². The molecule has 1 atom stereocenters. The molecule has 0 radical (unpaired) electrons. The first-order valence-corrected chi connectivity index (χ1v) is 7.19. The number of hydrogen-bond acceptors (Lipinski definition) is 4. The number of carbonyl (C=O) groups is 2. The van der Waals surface area contributed by atoms with Crippen molar-refractivity contribution in [2.75, 3.05) is 0 Å². The fourth-order valence-electron chi connectivity index (χ4n) is 1.84. The summed E-state index contributed by atoms with van der Waals surface area (Å²) in [5, 5.41) is 13.3. The molecular formula is C14H15N3O3S. The third-order valence-electron chi connectivity index (χ3n) is 2.73. The van der Waals surface area contributed by atoms with Gasteiger partial charge in [0.25, 0.3) is 5.91 Å². The number of aliphatic carboxylic acids is 1. The lowest BCUT2D eigenvalue weighted by Crippen LogP contribution is -2.35. The number of nitrogens with zero attached hydrogens (tertiary/aromatic N) is 2. The second-order valence-electron chi connectivity index (χ2n) is 4.51. The average molecular weight is 305 g/mol. The molecule has 0 bridgehead atoms. The predicted molar refractivity (Wildman–Crippen MR) is 80.1 cm³/mol. The lowest BCUT2D eigenvalue weighted by atomic mass is 10.2. The largest absolute Gasteiger partial charge is 0.478 e. The molecule has 2 aromatic heterocycles. The minimum Gasteiger partial charge on any atom is -0.478 e. The van der Waals surface area contributed by atoms with E-state index in [2.05, 4.69) is 10.3 Å². The van der Waals surface area contributed by atoms with Crippen LogP contribution in [0.25, 0.3) is 6.08 Å². The number of nitrogens with one attached hydrogen (secondary N) is 1. The smallest absolute Gasteiger partial charge is 0.328 e. The van der Waals surface area contributed by atoms with Crippen molar-refractivity contribution in [2.24, 2.45) is 0 Å². The van der Waals surface area contributed by atoms with E-state index in [1.165, 1.54) is 17.4 Å². The Labute approximate surface area is 125 Å². The maximum absolute atomic E-state index is 12.2. The van der Waals surface area contributed by atoms with E-state index in [4.69, 9.17) is 5.11 Å². The van der Waals surface area contributed by atoms with Crippen LogP contribution in [0.3, 0.4) is 0 Å². The summed E-state index contributed by atoms with van der Waals surface area (Å²) in [5.41, 5.74) is 0.606. The summed E-state index contributed by atoms with van der Waals surface area (Å²) in [6.45, 7) is 2.52. The average Bonchev–Trinajstić information content (AvgIpc) is 3.06. The summed E-state index contributed by atoms with van der Waals surface area (Å²) in [7, 11) is 0. The van der Waals surface area contributed by atoms with Gasteiger partial charge >= 0.3 is 5.97 Å². The first-order valence-electron chi connectivity index (χ1n) is 6.31. The van der Waals surface area contributed by atoms with Gasteiger partial charge in [-0.05, 0) is 30.0 Å². The molecule has 2 rings (SSSR count). The van der Waals surface area contributed by atoms with Crippen LogP contribution >= 0.6 is 11.3 Å². The molecule has 0 aliphatic heterocycles. The van der Waals surface area contributed by atoms with Crippen molar-refractivity contribution < 1.29 is 14.7 Å². The Morgan fingerprint density at radius 2 is 2.38 bits per heavy atom. The molecule has 2 heterocycles. The zero-order chi connectivity index (χ0) is 15.2. The fraction of sp³-hybridized carbons (Fsp3) is 0.214. The Balaban J connectivity index is 2.00. The Morgan fingerprint density at radius 3 is 3.05 bits per heavy atom. The molecule has 0 spiro atoms. The van der Waals surface area contributed by atoms with Gasteiger partial charge in [-0.1, -0.05) is 0 Å². The Kier molecular flexibility index (Phi) is 4.89. The van der Waals surface area contributed by atoms with Crippen molar-refractivity contribution in [3.8, 4) is 0 Å². The molecule has 1 amide bonds. The van der Waals surface area contributed by atoms with E-state index < -0.39 is 5.97 Å². The summed E-state index contributed by atoms with van der Waals surface area (Å²) in [6.07, 6.45) is 7.65. The van der Waals surface area contributed by atoms with E-state index in [0.29, 0.717) is 17.0 Å². The summed E-state index contributed by atoms with van der Waals surface area (Å²) < 4.78 is 1.88. The molecule has 110 valence electrons. The number of hydrogen-bond donors (Lipinski definition) is 2. The van der Waals surface area contributed by atoms with E-state index in [1.54, 1.807) is 24.0 Å². The van der Waals surface area contributed by atoms with Gasteiger partial charge in [-0.25, -0.2) is 9.78 Å². The molecule has 0 aliphatic rings. The molecular weight excluding hydrogens is 290 g/mol. The number of amides is 1. The third-order valence-corrected chi connectivity index (χ3v) is 3.66. The summed E-state index contributed by atoms with van der Waals surface area (Å²) in [5.74, 6) is -1.25. The van der Waals surface area contributed by atoms with E-state index in [-0.39, 0.29) is 11.9 Å². The van der Waals surface area contributed by atoms with Crippen molar-refractivity contribution in [1.82, 2.24) is 14.9 Å². The number of thiophene rings is 1. The molecule has 0 aliphatic carbocycles. The number of carboxylic acid groups (broad SMARTS) is 1. The van der Waals surface area contributed by atoms with Gasteiger partial charge in [0.15, 0.2) is 0 Å². The van der Waals surface area contributed by atoms with E-state index in [0.717, 1.165) is 6.08 Å². The highest BCUT2D eigenvalue weighted by Crippen LogP contribution is 2.18. The SMILES string of the molecule is CC(Cn1ccnc1)NC(=O)c1sccc1C=CC(=O)O. The monoisotopic (exact) mass is 305 g/mol. The topological polar surface area (TPSA) is 84.2 Å². The molecule has 0 aromatic carbocycles. The lowest BCUT2D eigenvalue weighted by Gasteiger charge is -2.14. The molecule has 2 N–H and O–H groups in total. The number of carbonyl (C=O) groups excluding carboxylic acids is 1. The Bertz CT molecular complexity index is 646. The standard InChI is InChI=1S/C14H15N3O3S/c1-10(8-17-6-5-15-9-17)16-14(20)13-11(4-7-21-13)2-3-12(18)19/h2-7,9-10H,8H2,1H3,(H,16,20)(H,18,19). The molecule has 0 saturated carbocycles. The van der Waals surface area contributed by atoms with E-state index in [9.17, 15) is 9.59 Å². The van der Waals surface area contributed by atoms with Crippen molar-refractivity contribution in [3.63, 3.8) is 0 Å². The van der Waals surface area contributed by atoms with E-state index >= 15 is 0 Å². The van der Waals surface area contributed by atoms with E-state index in [1.807, 2.05) is 17.7 Å². The molecule has 2 aromatic rings. The zero-order valence-corrected chi connectivity index (χ0v) is 12.2. The van der Waals surface area contributed by atoms with Crippen LogP contribution in [0.15, 0.2) is 36.2 Å². The minimum absolute atomic E-state index is 0.0647. The van der Waals surface area contributed by atoms with Gasteiger partial charge in [-0.3, -0.25) is 4.79 Å². The third kappa shape index (κ3) is 4.28. The number of aromatic nitrogens is 2. The number of imidazole rings is 1. The van der Waals surface area contributed by atoms with Gasteiger partial charge in [-0.2, -0.15) is 0 Å². The highest BCUT2D eigenvalue weighted by Gasteiger charge is 2.14. The van der Waals surface area contributed by atoms with Crippen LogP contribution < -0.4 is 5.32 Å². The normalized spacial score (nSPS) is 12.4. The second-order valence-corrected chi connectivity index (χ2v) is 5.43. The molecule has 21 heavy (non-hydrogen) atoms. The molecule has 0 fully saturated rings. The highest BCUT2D eigenvalue weighted by molar-refractivity contribution is 7.12. The molecule has 7 heteroatoms. The minimum atomic E-state index is -1.04. The molecule has 6 nitrogen and oxygen atoms in total. The van der Waals surface area contributed by atoms with Gasteiger partial charge < -0.3 is 15.0 Å². The zero-order valence-electron chi connectivity index (χ0n) is 11.4. The number of rotatable bonds is 6. The lowest BCUT2D eigenvalue weighted by molar-refractivity contribution is -0.131. The fourth-order valence-corrected chi connectivity index (χ4v) is 2.63. The van der Waals surface area contributed by atoms with Crippen LogP contribution in [0.1, 0.15) is 22.2 Å². The summed E-state index contributed by atoms with van der Waals surface area (Å²) >= 11 is 1.28. The first-order chi connectivity index (χ1) is 10.1. The summed E-state index contributed by atoms with van der Waals surface area (Å²) in [6, 6.07) is 1.66. The highest BCUT2D eigenvalue weighted by atomic mass is 32.1. The van der Waals surface area contributed by atoms with Crippen molar-refractivity contribution in [2.45, 2.75) is 19.5 Å². The van der Waals surface area contributed by atoms with Crippen LogP contribution in [-0.2, 0) is 11.3 Å². The van der Waals surface area contributed by atoms with Gasteiger partial charge in [0.05, 0.1) is 11.2 Å². The van der Waals surface area contributed by atoms with Gasteiger partial charge in [-0.15, -0.1) is 11.3 Å².